The van der Waals surface area contributed by atoms with Crippen molar-refractivity contribution in [1.82, 2.24) is 4.98 Å². The fourth-order valence-corrected chi connectivity index (χ4v) is 4.76. The number of hydrogen-bond acceptors (Lipinski definition) is 4. The molecule has 2 heterocycles. The van der Waals surface area contributed by atoms with Gasteiger partial charge in [0.05, 0.1) is 11.5 Å². The number of rotatable bonds is 7. The van der Waals surface area contributed by atoms with Crippen LogP contribution in [0.2, 0.25) is 0 Å². The zero-order valence-electron chi connectivity index (χ0n) is 18.4. The Morgan fingerprint density at radius 3 is 2.41 bits per heavy atom. The topological polar surface area (TPSA) is 82.5 Å². The van der Waals surface area contributed by atoms with Crippen molar-refractivity contribution in [3.63, 3.8) is 0 Å². The fraction of sp³-hybridized carbons (Fsp3) is 0.179. The summed E-state index contributed by atoms with van der Waals surface area (Å²) in [4.78, 5) is 16.4. The van der Waals surface area contributed by atoms with Gasteiger partial charge in [-0.05, 0) is 41.3 Å². The number of aromatic nitrogens is 1. The molecular formula is C28H24FNO4. The van der Waals surface area contributed by atoms with Gasteiger partial charge in [0.25, 0.3) is 0 Å². The molecule has 34 heavy (non-hydrogen) atoms. The summed E-state index contributed by atoms with van der Waals surface area (Å²) in [5.74, 6) is -1.77. The lowest BCUT2D eigenvalue weighted by molar-refractivity contribution is -0.140. The molecule has 6 heteroatoms. The van der Waals surface area contributed by atoms with E-state index < -0.39 is 23.8 Å². The normalized spacial score (nSPS) is 16.8. The van der Waals surface area contributed by atoms with Crippen LogP contribution in [0.15, 0.2) is 90.2 Å². The number of halogens is 1. The number of carbonyl (C=O) groups is 1. The molecule has 4 aromatic rings. The van der Waals surface area contributed by atoms with Gasteiger partial charge >= 0.3 is 5.97 Å². The number of fused-ring (bicyclic) bond motifs is 1. The van der Waals surface area contributed by atoms with Crippen LogP contribution in [0, 0.1) is 5.82 Å². The van der Waals surface area contributed by atoms with Crippen LogP contribution in [0.5, 0.6) is 0 Å². The van der Waals surface area contributed by atoms with Crippen molar-refractivity contribution in [3.05, 3.63) is 118 Å². The predicted octanol–water partition coefficient (Wildman–Crippen LogP) is 4.95. The predicted molar refractivity (Wildman–Crippen MR) is 127 cm³/mol. The first-order chi connectivity index (χ1) is 16.6. The summed E-state index contributed by atoms with van der Waals surface area (Å²) in [6.07, 6.45) is -0.134. The van der Waals surface area contributed by atoms with Gasteiger partial charge in [-0.1, -0.05) is 60.7 Å². The number of esters is 1. The molecule has 0 amide bonds. The van der Waals surface area contributed by atoms with Gasteiger partial charge in [0.15, 0.2) is 6.10 Å². The zero-order chi connectivity index (χ0) is 23.7. The molecule has 0 saturated carbocycles. The van der Waals surface area contributed by atoms with Crippen LogP contribution in [0.3, 0.4) is 0 Å². The monoisotopic (exact) mass is 457 g/mol. The number of nitrogens with one attached hydrogen (secondary N) is 1. The molecule has 0 radical (unpaired) electrons. The molecular weight excluding hydrogens is 433 g/mol. The van der Waals surface area contributed by atoms with Crippen LogP contribution >= 0.6 is 0 Å². The molecule has 0 spiro atoms. The van der Waals surface area contributed by atoms with Crippen molar-refractivity contribution in [2.45, 2.75) is 24.9 Å². The van der Waals surface area contributed by atoms with Crippen LogP contribution in [0.4, 0.5) is 4.39 Å². The van der Waals surface area contributed by atoms with Crippen molar-refractivity contribution in [2.24, 2.45) is 0 Å². The second kappa shape index (κ2) is 9.15. The molecule has 1 aromatic heterocycles. The second-order valence-corrected chi connectivity index (χ2v) is 8.41. The summed E-state index contributed by atoms with van der Waals surface area (Å²) in [6.45, 7) is -0.120. The molecule has 3 N–H and O–H groups in total. The third-order valence-corrected chi connectivity index (χ3v) is 6.29. The number of aliphatic hydroxyl groups is 2. The van der Waals surface area contributed by atoms with Gasteiger partial charge in [-0.3, -0.25) is 0 Å². The Balaban J connectivity index is 1.67. The third-order valence-electron chi connectivity index (χ3n) is 6.29. The Hall–Kier alpha value is -3.90. The van der Waals surface area contributed by atoms with Gasteiger partial charge in [0.2, 0.25) is 0 Å². The summed E-state index contributed by atoms with van der Waals surface area (Å²) >= 11 is 0. The minimum Gasteiger partial charge on any atom is -0.508 e. The quantitative estimate of drug-likeness (QED) is 0.343. The van der Waals surface area contributed by atoms with Gasteiger partial charge < -0.3 is 19.9 Å². The fourth-order valence-electron chi connectivity index (χ4n) is 4.76. The van der Waals surface area contributed by atoms with Gasteiger partial charge in [-0.2, -0.15) is 0 Å². The van der Waals surface area contributed by atoms with Crippen LogP contribution in [-0.2, 0) is 22.4 Å². The number of ether oxygens (including phenoxy) is 1. The van der Waals surface area contributed by atoms with Gasteiger partial charge in [0.1, 0.15) is 11.6 Å². The van der Waals surface area contributed by atoms with E-state index >= 15 is 0 Å². The van der Waals surface area contributed by atoms with E-state index in [0.29, 0.717) is 24.1 Å². The molecule has 3 aromatic carbocycles. The highest BCUT2D eigenvalue weighted by atomic mass is 19.1. The molecule has 5 rings (SSSR count). The molecule has 1 aliphatic heterocycles. The molecule has 2 atom stereocenters. The van der Waals surface area contributed by atoms with Crippen molar-refractivity contribution in [2.75, 3.05) is 6.61 Å². The first-order valence-corrected chi connectivity index (χ1v) is 11.2. The molecule has 5 nitrogen and oxygen atoms in total. The van der Waals surface area contributed by atoms with Crippen molar-refractivity contribution in [3.8, 4) is 0 Å². The van der Waals surface area contributed by atoms with E-state index in [2.05, 4.69) is 4.98 Å². The number of hydrogen-bond donors (Lipinski definition) is 3. The first kappa shape index (κ1) is 21.9. The van der Waals surface area contributed by atoms with Crippen molar-refractivity contribution in [1.29, 1.82) is 0 Å². The SMILES string of the molecule is O=C1OC(Cc2ccccc2)C(O)=C1C(c1ccccc1)c1[nH]c2cc(F)ccc2c1CCO. The van der Waals surface area contributed by atoms with E-state index in [1.54, 1.807) is 6.07 Å². The van der Waals surface area contributed by atoms with E-state index in [4.69, 9.17) is 4.74 Å². The van der Waals surface area contributed by atoms with E-state index in [-0.39, 0.29) is 17.9 Å². The van der Waals surface area contributed by atoms with E-state index in [1.165, 1.54) is 12.1 Å². The van der Waals surface area contributed by atoms with Gasteiger partial charge in [-0.15, -0.1) is 0 Å². The minimum absolute atomic E-state index is 0.109. The lowest BCUT2D eigenvalue weighted by Crippen LogP contribution is -2.15. The average Bonchev–Trinajstić information content (AvgIpc) is 3.32. The summed E-state index contributed by atoms with van der Waals surface area (Å²) in [7, 11) is 0. The Bertz CT molecular complexity index is 1360. The molecule has 0 aliphatic carbocycles. The summed E-state index contributed by atoms with van der Waals surface area (Å²) in [6, 6.07) is 23.3. The van der Waals surface area contributed by atoms with Gasteiger partial charge in [0, 0.05) is 29.6 Å². The van der Waals surface area contributed by atoms with Gasteiger partial charge in [-0.25, -0.2) is 9.18 Å². The first-order valence-electron chi connectivity index (χ1n) is 11.2. The zero-order valence-corrected chi connectivity index (χ0v) is 18.4. The van der Waals surface area contributed by atoms with E-state index in [9.17, 15) is 19.4 Å². The van der Waals surface area contributed by atoms with Crippen LogP contribution in [0.1, 0.15) is 28.3 Å². The molecule has 0 fully saturated rings. The highest BCUT2D eigenvalue weighted by Crippen LogP contribution is 2.41. The lowest BCUT2D eigenvalue weighted by Gasteiger charge is -2.18. The maximum atomic E-state index is 14.0. The van der Waals surface area contributed by atoms with Crippen LogP contribution in [-0.4, -0.2) is 33.9 Å². The summed E-state index contributed by atoms with van der Waals surface area (Å²) in [5.41, 5.74) is 3.81. The maximum Gasteiger partial charge on any atom is 0.339 e. The number of benzene rings is 3. The lowest BCUT2D eigenvalue weighted by atomic mass is 9.84. The Morgan fingerprint density at radius 2 is 1.71 bits per heavy atom. The molecule has 1 aliphatic rings. The summed E-state index contributed by atoms with van der Waals surface area (Å²) in [5, 5.41) is 21.7. The number of H-pyrrole nitrogens is 1. The highest BCUT2D eigenvalue weighted by Gasteiger charge is 2.41. The number of carbonyl (C=O) groups excluding carboxylic acids is 1. The van der Waals surface area contributed by atoms with E-state index in [0.717, 1.165) is 22.1 Å². The Kier molecular flexibility index (Phi) is 5.90. The van der Waals surface area contributed by atoms with Crippen LogP contribution < -0.4 is 0 Å². The van der Waals surface area contributed by atoms with Crippen LogP contribution in [0.25, 0.3) is 10.9 Å². The number of aromatic amines is 1. The average molecular weight is 458 g/mol. The van der Waals surface area contributed by atoms with Crippen molar-refractivity contribution < 1.29 is 24.1 Å². The standard InChI is InChI=1S/C28H24FNO4/c29-19-11-12-20-21(13-14-31)26(30-22(20)16-19)24(18-9-5-2-6-10-18)25-27(32)23(34-28(25)33)15-17-7-3-1-4-8-17/h1-12,16,23-24,30-32H,13-15H2. The third kappa shape index (κ3) is 3.97. The Morgan fingerprint density at radius 1 is 1.00 bits per heavy atom. The maximum absolute atomic E-state index is 14.0. The summed E-state index contributed by atoms with van der Waals surface area (Å²) < 4.78 is 19.6. The molecule has 0 saturated heterocycles. The second-order valence-electron chi connectivity index (χ2n) is 8.41. The van der Waals surface area contributed by atoms with E-state index in [1.807, 2.05) is 60.7 Å². The Labute approximate surface area is 196 Å². The minimum atomic E-state index is -0.792. The number of aliphatic hydroxyl groups excluding tert-OH is 2. The molecule has 0 bridgehead atoms. The molecule has 2 unspecified atom stereocenters. The molecule has 172 valence electrons. The smallest absolute Gasteiger partial charge is 0.339 e. The largest absolute Gasteiger partial charge is 0.508 e. The number of cyclic esters (lactones) is 1. The van der Waals surface area contributed by atoms with Crippen molar-refractivity contribution >= 4 is 16.9 Å². The highest BCUT2D eigenvalue weighted by molar-refractivity contribution is 5.95.